The molecule has 2 heterocycles. The first kappa shape index (κ1) is 17.9. The van der Waals surface area contributed by atoms with Gasteiger partial charge in [-0.15, -0.1) is 0 Å². The molecular weight excluding hydrogens is 338 g/mol. The number of benzene rings is 1. The number of carbonyl (C=O) groups is 3. The fraction of sp³-hybridized carbons (Fsp3) is 0.389. The smallest absolute Gasteiger partial charge is 0.290 e. The van der Waals surface area contributed by atoms with Gasteiger partial charge in [-0.2, -0.15) is 0 Å². The lowest BCUT2D eigenvalue weighted by Gasteiger charge is -2.27. The quantitative estimate of drug-likeness (QED) is 0.834. The van der Waals surface area contributed by atoms with E-state index in [1.165, 1.54) is 18.9 Å². The van der Waals surface area contributed by atoms with Crippen molar-refractivity contribution in [2.24, 2.45) is 0 Å². The number of furan rings is 1. The second-order valence-electron chi connectivity index (χ2n) is 6.08. The van der Waals surface area contributed by atoms with Crippen LogP contribution in [0, 0.1) is 0 Å². The molecule has 138 valence electrons. The zero-order valence-electron chi connectivity index (χ0n) is 14.8. The van der Waals surface area contributed by atoms with Crippen molar-refractivity contribution in [1.82, 2.24) is 15.3 Å². The summed E-state index contributed by atoms with van der Waals surface area (Å²) in [6.07, 6.45) is 0. The highest BCUT2D eigenvalue weighted by molar-refractivity contribution is 5.99. The van der Waals surface area contributed by atoms with Gasteiger partial charge in [0.25, 0.3) is 5.91 Å². The fourth-order valence-electron chi connectivity index (χ4n) is 2.92. The van der Waals surface area contributed by atoms with Gasteiger partial charge >= 0.3 is 0 Å². The van der Waals surface area contributed by atoms with E-state index in [4.69, 9.17) is 9.15 Å². The van der Waals surface area contributed by atoms with Crippen molar-refractivity contribution in [3.63, 3.8) is 0 Å². The van der Waals surface area contributed by atoms with Gasteiger partial charge in [0.2, 0.25) is 11.8 Å². The SMILES string of the molecule is CC(=O)NN(Cc1c(C(=O)N2CCOCC2)oc2ccccc12)C(C)=O. The molecule has 8 nitrogen and oxygen atoms in total. The molecule has 1 fully saturated rings. The van der Waals surface area contributed by atoms with Gasteiger partial charge in [-0.3, -0.25) is 19.8 Å². The summed E-state index contributed by atoms with van der Waals surface area (Å²) in [5, 5.41) is 1.91. The van der Waals surface area contributed by atoms with Gasteiger partial charge in [0, 0.05) is 37.9 Å². The molecule has 0 spiro atoms. The number of carbonyl (C=O) groups excluding carboxylic acids is 3. The Bertz CT molecular complexity index is 838. The molecule has 8 heteroatoms. The van der Waals surface area contributed by atoms with E-state index in [2.05, 4.69) is 5.43 Å². The minimum absolute atomic E-state index is 0.0390. The third kappa shape index (κ3) is 3.70. The number of amides is 3. The van der Waals surface area contributed by atoms with Gasteiger partial charge < -0.3 is 14.1 Å². The maximum atomic E-state index is 12.9. The van der Waals surface area contributed by atoms with Crippen LogP contribution >= 0.6 is 0 Å². The van der Waals surface area contributed by atoms with Crippen molar-refractivity contribution in [1.29, 1.82) is 0 Å². The van der Waals surface area contributed by atoms with Crippen LogP contribution in [0.2, 0.25) is 0 Å². The Kier molecular flexibility index (Phi) is 5.22. The maximum absolute atomic E-state index is 12.9. The first-order valence-electron chi connectivity index (χ1n) is 8.40. The van der Waals surface area contributed by atoms with E-state index in [0.717, 1.165) is 5.39 Å². The second-order valence-corrected chi connectivity index (χ2v) is 6.08. The van der Waals surface area contributed by atoms with Crippen molar-refractivity contribution in [2.75, 3.05) is 26.3 Å². The predicted molar refractivity (Wildman–Crippen MR) is 93.0 cm³/mol. The summed E-state index contributed by atoms with van der Waals surface area (Å²) in [4.78, 5) is 37.9. The molecule has 2 aromatic rings. The number of rotatable bonds is 3. The molecule has 26 heavy (non-hydrogen) atoms. The molecule has 1 N–H and O–H groups in total. The third-order valence-electron chi connectivity index (χ3n) is 4.18. The Morgan fingerprint density at radius 2 is 1.85 bits per heavy atom. The van der Waals surface area contributed by atoms with Gasteiger partial charge in [-0.25, -0.2) is 5.01 Å². The number of morpholine rings is 1. The standard InChI is InChI=1S/C18H21N3O5/c1-12(22)19-21(13(2)23)11-15-14-5-3-4-6-16(14)26-17(15)18(24)20-7-9-25-10-8-20/h3-6H,7-11H2,1-2H3,(H,19,22). The Labute approximate surface area is 150 Å². The number of para-hydroxylation sites is 1. The Morgan fingerprint density at radius 3 is 2.50 bits per heavy atom. The van der Waals surface area contributed by atoms with Crippen molar-refractivity contribution >= 4 is 28.7 Å². The molecule has 0 radical (unpaired) electrons. The number of ether oxygens (including phenoxy) is 1. The monoisotopic (exact) mass is 359 g/mol. The summed E-state index contributed by atoms with van der Waals surface area (Å²) < 4.78 is 11.1. The van der Waals surface area contributed by atoms with Gasteiger partial charge in [0.1, 0.15) is 5.58 Å². The number of nitrogens with one attached hydrogen (secondary N) is 1. The number of fused-ring (bicyclic) bond motifs is 1. The van der Waals surface area contributed by atoms with Crippen molar-refractivity contribution in [3.8, 4) is 0 Å². The number of hydrazine groups is 1. The molecule has 0 saturated carbocycles. The Morgan fingerprint density at radius 1 is 1.15 bits per heavy atom. The molecule has 3 amide bonds. The average Bonchev–Trinajstić information content (AvgIpc) is 2.99. The fourth-order valence-corrected chi connectivity index (χ4v) is 2.92. The molecule has 0 bridgehead atoms. The molecular formula is C18H21N3O5. The minimum atomic E-state index is -0.367. The Hall–Kier alpha value is -2.87. The number of hydrogen-bond donors (Lipinski definition) is 1. The highest BCUT2D eigenvalue weighted by Crippen LogP contribution is 2.28. The minimum Gasteiger partial charge on any atom is -0.451 e. The summed E-state index contributed by atoms with van der Waals surface area (Å²) in [5.74, 6) is -0.764. The van der Waals surface area contributed by atoms with Crippen molar-refractivity contribution in [2.45, 2.75) is 20.4 Å². The lowest BCUT2D eigenvalue weighted by molar-refractivity contribution is -0.139. The summed E-state index contributed by atoms with van der Waals surface area (Å²) >= 11 is 0. The van der Waals surface area contributed by atoms with E-state index in [1.807, 2.05) is 18.2 Å². The van der Waals surface area contributed by atoms with Crippen LogP contribution in [0.3, 0.4) is 0 Å². The van der Waals surface area contributed by atoms with Crippen LogP contribution < -0.4 is 5.43 Å². The average molecular weight is 359 g/mol. The topological polar surface area (TPSA) is 92.1 Å². The number of hydrogen-bond acceptors (Lipinski definition) is 5. The molecule has 3 rings (SSSR count). The van der Waals surface area contributed by atoms with Crippen LogP contribution in [-0.4, -0.2) is 53.9 Å². The molecule has 1 aliphatic rings. The molecule has 1 aromatic carbocycles. The lowest BCUT2D eigenvalue weighted by Crippen LogP contribution is -2.44. The van der Waals surface area contributed by atoms with E-state index < -0.39 is 0 Å². The van der Waals surface area contributed by atoms with Crippen LogP contribution in [0.1, 0.15) is 30.0 Å². The van der Waals surface area contributed by atoms with E-state index in [0.29, 0.717) is 37.4 Å². The normalized spacial score (nSPS) is 14.3. The molecule has 0 aliphatic carbocycles. The molecule has 0 atom stereocenters. The second kappa shape index (κ2) is 7.57. The van der Waals surface area contributed by atoms with E-state index in [9.17, 15) is 14.4 Å². The predicted octanol–water partition coefficient (Wildman–Crippen LogP) is 1.30. The maximum Gasteiger partial charge on any atom is 0.290 e. The first-order valence-corrected chi connectivity index (χ1v) is 8.40. The molecule has 1 aliphatic heterocycles. The van der Waals surface area contributed by atoms with E-state index >= 15 is 0 Å². The largest absolute Gasteiger partial charge is 0.451 e. The number of nitrogens with zero attached hydrogens (tertiary/aromatic N) is 2. The van der Waals surface area contributed by atoms with Gasteiger partial charge in [-0.05, 0) is 6.07 Å². The van der Waals surface area contributed by atoms with Gasteiger partial charge in [-0.1, -0.05) is 18.2 Å². The highest BCUT2D eigenvalue weighted by atomic mass is 16.5. The Balaban J connectivity index is 2.00. The molecule has 1 saturated heterocycles. The van der Waals surface area contributed by atoms with Crippen LogP contribution in [0.25, 0.3) is 11.0 Å². The zero-order valence-corrected chi connectivity index (χ0v) is 14.8. The molecule has 1 aromatic heterocycles. The van der Waals surface area contributed by atoms with Crippen molar-refractivity contribution in [3.05, 3.63) is 35.6 Å². The summed E-state index contributed by atoms with van der Waals surface area (Å²) in [6.45, 7) is 4.64. The first-order chi connectivity index (χ1) is 12.5. The third-order valence-corrected chi connectivity index (χ3v) is 4.18. The van der Waals surface area contributed by atoms with Gasteiger partial charge in [0.05, 0.1) is 19.8 Å². The van der Waals surface area contributed by atoms with Gasteiger partial charge in [0.15, 0.2) is 5.76 Å². The van der Waals surface area contributed by atoms with Crippen LogP contribution in [0.15, 0.2) is 28.7 Å². The van der Waals surface area contributed by atoms with Crippen LogP contribution in [0.4, 0.5) is 0 Å². The summed E-state index contributed by atoms with van der Waals surface area (Å²) in [6, 6.07) is 7.25. The molecule has 0 unspecified atom stereocenters. The van der Waals surface area contributed by atoms with Crippen LogP contribution in [-0.2, 0) is 20.9 Å². The van der Waals surface area contributed by atoms with E-state index in [-0.39, 0.29) is 30.0 Å². The van der Waals surface area contributed by atoms with Crippen molar-refractivity contribution < 1.29 is 23.5 Å². The van der Waals surface area contributed by atoms with Crippen LogP contribution in [0.5, 0.6) is 0 Å². The lowest BCUT2D eigenvalue weighted by atomic mass is 10.1. The highest BCUT2D eigenvalue weighted by Gasteiger charge is 2.28. The summed E-state index contributed by atoms with van der Waals surface area (Å²) in [5.41, 5.74) is 3.62. The summed E-state index contributed by atoms with van der Waals surface area (Å²) in [7, 11) is 0. The zero-order chi connectivity index (χ0) is 18.7. The van der Waals surface area contributed by atoms with E-state index in [1.54, 1.807) is 11.0 Å².